The van der Waals surface area contributed by atoms with Gasteiger partial charge in [0.2, 0.25) is 0 Å². The summed E-state index contributed by atoms with van der Waals surface area (Å²) in [6, 6.07) is 8.37. The van der Waals surface area contributed by atoms with Crippen LogP contribution in [0.25, 0.3) is 0 Å². The van der Waals surface area contributed by atoms with Gasteiger partial charge >= 0.3 is 0 Å². The summed E-state index contributed by atoms with van der Waals surface area (Å²) in [7, 11) is 0. The zero-order chi connectivity index (χ0) is 13.7. The van der Waals surface area contributed by atoms with Gasteiger partial charge in [0.05, 0.1) is 17.3 Å². The number of halogens is 1. The summed E-state index contributed by atoms with van der Waals surface area (Å²) in [5.74, 6) is -0.396. The summed E-state index contributed by atoms with van der Waals surface area (Å²) in [5.41, 5.74) is 1.86. The second kappa shape index (κ2) is 6.05. The fourth-order valence-corrected chi connectivity index (χ4v) is 1.92. The summed E-state index contributed by atoms with van der Waals surface area (Å²) in [6.07, 6.45) is 5.17. The molecule has 0 aliphatic heterocycles. The molecule has 19 heavy (non-hydrogen) atoms. The van der Waals surface area contributed by atoms with Crippen LogP contribution in [0.4, 0.5) is 10.1 Å². The van der Waals surface area contributed by atoms with Crippen LogP contribution in [0.1, 0.15) is 24.5 Å². The van der Waals surface area contributed by atoms with Gasteiger partial charge in [-0.3, -0.25) is 0 Å². The van der Waals surface area contributed by atoms with Crippen molar-refractivity contribution in [1.29, 1.82) is 5.26 Å². The predicted molar refractivity (Wildman–Crippen MR) is 73.2 cm³/mol. The van der Waals surface area contributed by atoms with Gasteiger partial charge in [-0.15, -0.1) is 0 Å². The van der Waals surface area contributed by atoms with Crippen molar-refractivity contribution in [3.63, 3.8) is 0 Å². The summed E-state index contributed by atoms with van der Waals surface area (Å²) >= 11 is 0. The average Bonchev–Trinajstić information content (AvgIpc) is 2.85. The van der Waals surface area contributed by atoms with Crippen molar-refractivity contribution >= 4 is 5.69 Å². The van der Waals surface area contributed by atoms with Gasteiger partial charge < -0.3 is 9.88 Å². The van der Waals surface area contributed by atoms with Gasteiger partial charge in [-0.05, 0) is 36.2 Å². The molecule has 0 unspecified atom stereocenters. The molecule has 3 nitrogen and oxygen atoms in total. The Bertz CT molecular complexity index is 596. The third kappa shape index (κ3) is 3.35. The Morgan fingerprint density at radius 1 is 1.37 bits per heavy atom. The number of aromatic nitrogens is 1. The maximum atomic E-state index is 13.6. The van der Waals surface area contributed by atoms with Crippen molar-refractivity contribution in [2.24, 2.45) is 0 Å². The van der Waals surface area contributed by atoms with E-state index in [1.165, 1.54) is 6.07 Å². The van der Waals surface area contributed by atoms with Crippen LogP contribution in [0, 0.1) is 17.1 Å². The van der Waals surface area contributed by atoms with Gasteiger partial charge in [-0.25, -0.2) is 4.39 Å². The lowest BCUT2D eigenvalue weighted by Crippen LogP contribution is -2.01. The zero-order valence-electron chi connectivity index (χ0n) is 10.9. The first kappa shape index (κ1) is 13.2. The molecule has 98 valence electrons. The highest BCUT2D eigenvalue weighted by Gasteiger charge is 2.03. The summed E-state index contributed by atoms with van der Waals surface area (Å²) in [5, 5.41) is 11.7. The number of hydrogen-bond donors (Lipinski definition) is 1. The Labute approximate surface area is 112 Å². The van der Waals surface area contributed by atoms with Gasteiger partial charge in [-0.2, -0.15) is 5.26 Å². The Hall–Kier alpha value is -2.28. The second-order valence-electron chi connectivity index (χ2n) is 4.42. The Kier molecular flexibility index (Phi) is 4.19. The minimum atomic E-state index is -0.396. The van der Waals surface area contributed by atoms with Crippen LogP contribution in [0.2, 0.25) is 0 Å². The summed E-state index contributed by atoms with van der Waals surface area (Å²) < 4.78 is 15.8. The number of nitrogens with one attached hydrogen (secondary N) is 1. The van der Waals surface area contributed by atoms with E-state index in [2.05, 4.69) is 23.0 Å². The van der Waals surface area contributed by atoms with Gasteiger partial charge in [0.1, 0.15) is 5.82 Å². The zero-order valence-corrected chi connectivity index (χ0v) is 10.9. The van der Waals surface area contributed by atoms with Crippen molar-refractivity contribution in [3.05, 3.63) is 53.6 Å². The van der Waals surface area contributed by atoms with Crippen molar-refractivity contribution in [1.82, 2.24) is 4.57 Å². The first-order valence-corrected chi connectivity index (χ1v) is 6.31. The molecule has 4 heteroatoms. The molecule has 1 aromatic carbocycles. The first-order chi connectivity index (χ1) is 9.22. The number of nitriles is 1. The molecule has 0 saturated heterocycles. The van der Waals surface area contributed by atoms with E-state index in [4.69, 9.17) is 5.26 Å². The summed E-state index contributed by atoms with van der Waals surface area (Å²) in [4.78, 5) is 0. The molecule has 0 radical (unpaired) electrons. The van der Waals surface area contributed by atoms with Crippen LogP contribution in [-0.2, 0) is 13.1 Å². The van der Waals surface area contributed by atoms with Gasteiger partial charge in [0.25, 0.3) is 0 Å². The maximum Gasteiger partial charge on any atom is 0.147 e. The van der Waals surface area contributed by atoms with E-state index < -0.39 is 5.82 Å². The standard InChI is InChI=1S/C15H16FN3/c1-2-6-19-7-5-13(11-19)10-18-15-4-3-12(9-17)8-14(15)16/h3-5,7-8,11,18H,2,6,10H2,1H3. The van der Waals surface area contributed by atoms with Crippen LogP contribution < -0.4 is 5.32 Å². The van der Waals surface area contributed by atoms with E-state index in [-0.39, 0.29) is 0 Å². The second-order valence-corrected chi connectivity index (χ2v) is 4.42. The number of nitrogens with zero attached hydrogens (tertiary/aromatic N) is 2. The quantitative estimate of drug-likeness (QED) is 0.890. The first-order valence-electron chi connectivity index (χ1n) is 6.31. The maximum absolute atomic E-state index is 13.6. The highest BCUT2D eigenvalue weighted by Crippen LogP contribution is 2.16. The molecule has 1 aromatic heterocycles. The van der Waals surface area contributed by atoms with Crippen LogP contribution in [0.3, 0.4) is 0 Å². The van der Waals surface area contributed by atoms with E-state index in [1.807, 2.05) is 18.3 Å². The lowest BCUT2D eigenvalue weighted by atomic mass is 10.2. The lowest BCUT2D eigenvalue weighted by Gasteiger charge is -2.06. The third-order valence-electron chi connectivity index (χ3n) is 2.87. The number of aryl methyl sites for hydroxylation is 1. The Balaban J connectivity index is 2.00. The molecule has 0 saturated carbocycles. The molecule has 1 N–H and O–H groups in total. The largest absolute Gasteiger partial charge is 0.379 e. The Morgan fingerprint density at radius 2 is 2.21 bits per heavy atom. The van der Waals surface area contributed by atoms with Crippen molar-refractivity contribution in [2.45, 2.75) is 26.4 Å². The van der Waals surface area contributed by atoms with E-state index in [1.54, 1.807) is 12.1 Å². The lowest BCUT2D eigenvalue weighted by molar-refractivity contribution is 0.629. The average molecular weight is 257 g/mol. The van der Waals surface area contributed by atoms with Crippen LogP contribution >= 0.6 is 0 Å². The fraction of sp³-hybridized carbons (Fsp3) is 0.267. The van der Waals surface area contributed by atoms with Crippen molar-refractivity contribution < 1.29 is 4.39 Å². The number of rotatable bonds is 5. The van der Waals surface area contributed by atoms with Gasteiger partial charge in [0, 0.05) is 25.5 Å². The topological polar surface area (TPSA) is 40.8 Å². The van der Waals surface area contributed by atoms with E-state index >= 15 is 0 Å². The number of anilines is 1. The molecule has 0 spiro atoms. The molecule has 0 bridgehead atoms. The predicted octanol–water partition coefficient (Wildman–Crippen LogP) is 3.52. The molecule has 2 aromatic rings. The molecule has 0 aliphatic carbocycles. The minimum absolute atomic E-state index is 0.331. The van der Waals surface area contributed by atoms with Crippen LogP contribution in [0.5, 0.6) is 0 Å². The van der Waals surface area contributed by atoms with E-state index in [0.717, 1.165) is 18.5 Å². The highest BCUT2D eigenvalue weighted by molar-refractivity contribution is 5.49. The van der Waals surface area contributed by atoms with Crippen molar-refractivity contribution in [3.8, 4) is 6.07 Å². The van der Waals surface area contributed by atoms with Gasteiger partial charge in [0.15, 0.2) is 0 Å². The number of hydrogen-bond acceptors (Lipinski definition) is 2. The minimum Gasteiger partial charge on any atom is -0.379 e. The molecular formula is C15H16FN3. The van der Waals surface area contributed by atoms with Crippen molar-refractivity contribution in [2.75, 3.05) is 5.32 Å². The van der Waals surface area contributed by atoms with E-state index in [9.17, 15) is 4.39 Å². The molecule has 0 amide bonds. The van der Waals surface area contributed by atoms with E-state index in [0.29, 0.717) is 17.8 Å². The molecule has 1 heterocycles. The smallest absolute Gasteiger partial charge is 0.147 e. The molecule has 2 rings (SSSR count). The Morgan fingerprint density at radius 3 is 2.89 bits per heavy atom. The fourth-order valence-electron chi connectivity index (χ4n) is 1.92. The van der Waals surface area contributed by atoms with Gasteiger partial charge in [-0.1, -0.05) is 6.92 Å². The molecule has 0 aliphatic rings. The SMILES string of the molecule is CCCn1ccc(CNc2ccc(C#N)cc2F)c1. The van der Waals surface area contributed by atoms with Crippen LogP contribution in [-0.4, -0.2) is 4.57 Å². The molecule has 0 atom stereocenters. The third-order valence-corrected chi connectivity index (χ3v) is 2.87. The molecule has 0 fully saturated rings. The molecular weight excluding hydrogens is 241 g/mol. The normalized spacial score (nSPS) is 10.2. The summed E-state index contributed by atoms with van der Waals surface area (Å²) in [6.45, 7) is 3.69. The van der Waals surface area contributed by atoms with Crippen LogP contribution in [0.15, 0.2) is 36.7 Å². The number of benzene rings is 1. The highest BCUT2D eigenvalue weighted by atomic mass is 19.1. The monoisotopic (exact) mass is 257 g/mol.